The molecule has 0 unspecified atom stereocenters. The molecule has 2 aliphatic rings. The number of amides is 1. The predicted octanol–water partition coefficient (Wildman–Crippen LogP) is 3.44. The maximum absolute atomic E-state index is 13.7. The van der Waals surface area contributed by atoms with E-state index in [1.165, 1.54) is 21.3 Å². The monoisotopic (exact) mass is 479 g/mol. The summed E-state index contributed by atoms with van der Waals surface area (Å²) in [4.78, 5) is 27.7. The van der Waals surface area contributed by atoms with Crippen LogP contribution in [0.25, 0.3) is 0 Å². The van der Waals surface area contributed by atoms with Gasteiger partial charge in [0.1, 0.15) is 6.73 Å². The molecule has 3 rings (SSSR count). The summed E-state index contributed by atoms with van der Waals surface area (Å²) < 4.78 is 22.9. The third-order valence-electron chi connectivity index (χ3n) is 5.59. The minimum absolute atomic E-state index is 0.0658. The van der Waals surface area contributed by atoms with Gasteiger partial charge >= 0.3 is 5.97 Å². The van der Waals surface area contributed by atoms with Crippen LogP contribution >= 0.6 is 15.9 Å². The Morgan fingerprint density at radius 3 is 2.47 bits per heavy atom. The fourth-order valence-corrected chi connectivity index (χ4v) is 4.77. The largest absolute Gasteiger partial charge is 0.463 e. The summed E-state index contributed by atoms with van der Waals surface area (Å²) in [7, 11) is 4.59. The van der Waals surface area contributed by atoms with Crippen LogP contribution in [0.15, 0.2) is 52.0 Å². The average Bonchev–Trinajstić information content (AvgIpc) is 2.93. The third kappa shape index (κ3) is 3.73. The van der Waals surface area contributed by atoms with Gasteiger partial charge in [-0.05, 0) is 41.4 Å². The highest BCUT2D eigenvalue weighted by Crippen LogP contribution is 2.52. The van der Waals surface area contributed by atoms with Crippen LogP contribution in [0.1, 0.15) is 13.3 Å². The van der Waals surface area contributed by atoms with Crippen molar-refractivity contribution in [1.82, 2.24) is 0 Å². The van der Waals surface area contributed by atoms with Crippen molar-refractivity contribution >= 4 is 33.5 Å². The molecule has 2 aliphatic carbocycles. The van der Waals surface area contributed by atoms with Gasteiger partial charge in [0.25, 0.3) is 5.91 Å². The molecule has 0 saturated heterocycles. The number of halogens is 1. The zero-order valence-corrected chi connectivity index (χ0v) is 19.1. The molecule has 0 spiro atoms. The molecule has 1 aromatic carbocycles. The standard InChI is InChI=1S/C22H26BrNO6/c1-5-30-21(26)15-12-17-14(10-11-16(15)22(17,28-3)29-4)20(25)24(13-27-2)19-9-7-6-8-18(19)23/h6-10,12,16-17H,5,11,13H2,1-4H3/t16-,17-/m1/s1. The van der Waals surface area contributed by atoms with Gasteiger partial charge in [-0.2, -0.15) is 0 Å². The van der Waals surface area contributed by atoms with E-state index in [1.807, 2.05) is 30.3 Å². The van der Waals surface area contributed by atoms with E-state index in [2.05, 4.69) is 15.9 Å². The molecule has 0 saturated carbocycles. The molecule has 2 atom stereocenters. The Labute approximate surface area is 184 Å². The van der Waals surface area contributed by atoms with Gasteiger partial charge in [-0.25, -0.2) is 4.79 Å². The molecule has 0 aromatic heterocycles. The second-order valence-electron chi connectivity index (χ2n) is 7.00. The van der Waals surface area contributed by atoms with Crippen molar-refractivity contribution in [2.75, 3.05) is 39.6 Å². The third-order valence-corrected chi connectivity index (χ3v) is 6.26. The number of allylic oxidation sites excluding steroid dienone is 1. The van der Waals surface area contributed by atoms with Crippen LogP contribution in [0, 0.1) is 11.8 Å². The number of fused-ring (bicyclic) bond motifs is 2. The van der Waals surface area contributed by atoms with Crippen LogP contribution in [0.2, 0.25) is 0 Å². The molecular formula is C22H26BrNO6. The number of para-hydroxylation sites is 1. The zero-order valence-electron chi connectivity index (χ0n) is 17.5. The van der Waals surface area contributed by atoms with E-state index in [1.54, 1.807) is 17.9 Å². The number of ether oxygens (including phenoxy) is 4. The molecular weight excluding hydrogens is 454 g/mol. The van der Waals surface area contributed by atoms with Crippen molar-refractivity contribution in [2.45, 2.75) is 19.1 Å². The molecule has 30 heavy (non-hydrogen) atoms. The van der Waals surface area contributed by atoms with Crippen molar-refractivity contribution in [3.8, 4) is 0 Å². The number of rotatable bonds is 8. The van der Waals surface area contributed by atoms with Gasteiger partial charge in [0.05, 0.1) is 18.2 Å². The average molecular weight is 480 g/mol. The van der Waals surface area contributed by atoms with Gasteiger partial charge < -0.3 is 18.9 Å². The van der Waals surface area contributed by atoms with Crippen LogP contribution in [0.4, 0.5) is 5.69 Å². The second-order valence-corrected chi connectivity index (χ2v) is 7.85. The van der Waals surface area contributed by atoms with E-state index in [4.69, 9.17) is 18.9 Å². The summed E-state index contributed by atoms with van der Waals surface area (Å²) in [6.07, 6.45) is 4.02. The summed E-state index contributed by atoms with van der Waals surface area (Å²) in [6, 6.07) is 7.42. The first-order valence-electron chi connectivity index (χ1n) is 9.69. The van der Waals surface area contributed by atoms with E-state index in [9.17, 15) is 9.59 Å². The minimum Gasteiger partial charge on any atom is -0.463 e. The number of methoxy groups -OCH3 is 3. The number of nitrogens with zero attached hydrogens (tertiary/aromatic N) is 1. The van der Waals surface area contributed by atoms with Gasteiger partial charge in [-0.1, -0.05) is 24.3 Å². The lowest BCUT2D eigenvalue weighted by Gasteiger charge is -2.42. The molecule has 0 heterocycles. The van der Waals surface area contributed by atoms with E-state index < -0.39 is 17.7 Å². The molecule has 7 nitrogen and oxygen atoms in total. The highest BCUT2D eigenvalue weighted by atomic mass is 79.9. The molecule has 0 aliphatic heterocycles. The number of carbonyl (C=O) groups excluding carboxylic acids is 2. The van der Waals surface area contributed by atoms with Crippen molar-refractivity contribution in [1.29, 1.82) is 0 Å². The summed E-state index contributed by atoms with van der Waals surface area (Å²) >= 11 is 3.50. The quantitative estimate of drug-likeness (QED) is 0.419. The van der Waals surface area contributed by atoms with E-state index >= 15 is 0 Å². The lowest BCUT2D eigenvalue weighted by Crippen LogP contribution is -2.50. The fourth-order valence-electron chi connectivity index (χ4n) is 4.27. The summed E-state index contributed by atoms with van der Waals surface area (Å²) in [5, 5.41) is 0. The first-order valence-corrected chi connectivity index (χ1v) is 10.5. The molecule has 8 heteroatoms. The zero-order chi connectivity index (χ0) is 21.9. The number of anilines is 1. The molecule has 1 aromatic rings. The topological polar surface area (TPSA) is 74.3 Å². The highest BCUT2D eigenvalue weighted by Gasteiger charge is 2.58. The van der Waals surface area contributed by atoms with E-state index in [-0.39, 0.29) is 25.2 Å². The predicted molar refractivity (Wildman–Crippen MR) is 115 cm³/mol. The molecule has 2 bridgehead atoms. The van der Waals surface area contributed by atoms with Gasteiger partial charge in [0.2, 0.25) is 0 Å². The molecule has 0 radical (unpaired) electrons. The Balaban J connectivity index is 2.02. The van der Waals surface area contributed by atoms with Crippen molar-refractivity contribution in [3.63, 3.8) is 0 Å². The first kappa shape index (κ1) is 22.7. The lowest BCUT2D eigenvalue weighted by atomic mass is 9.79. The van der Waals surface area contributed by atoms with Gasteiger partial charge in [-0.15, -0.1) is 0 Å². The summed E-state index contributed by atoms with van der Waals surface area (Å²) in [6.45, 7) is 2.09. The Bertz CT molecular complexity index is 876. The van der Waals surface area contributed by atoms with Gasteiger partial charge in [0.15, 0.2) is 5.79 Å². The van der Waals surface area contributed by atoms with Crippen molar-refractivity contribution < 1.29 is 28.5 Å². The number of hydrogen-bond acceptors (Lipinski definition) is 6. The summed E-state index contributed by atoms with van der Waals surface area (Å²) in [5.74, 6) is -2.71. The lowest BCUT2D eigenvalue weighted by molar-refractivity contribution is -0.245. The van der Waals surface area contributed by atoms with Crippen molar-refractivity contribution in [2.24, 2.45) is 11.8 Å². The molecule has 0 fully saturated rings. The highest BCUT2D eigenvalue weighted by molar-refractivity contribution is 9.10. The summed E-state index contributed by atoms with van der Waals surface area (Å²) in [5.41, 5.74) is 1.64. The van der Waals surface area contributed by atoms with E-state index in [0.29, 0.717) is 23.3 Å². The van der Waals surface area contributed by atoms with Gasteiger partial charge in [-0.3, -0.25) is 9.69 Å². The number of benzene rings is 1. The van der Waals surface area contributed by atoms with Crippen LogP contribution in [-0.2, 0) is 28.5 Å². The Hall–Kier alpha value is -2.00. The van der Waals surface area contributed by atoms with Crippen LogP contribution in [0.3, 0.4) is 0 Å². The smallest absolute Gasteiger partial charge is 0.334 e. The maximum atomic E-state index is 13.7. The first-order chi connectivity index (χ1) is 14.4. The van der Waals surface area contributed by atoms with E-state index in [0.717, 1.165) is 4.47 Å². The fraction of sp³-hybridized carbons (Fsp3) is 0.455. The molecule has 162 valence electrons. The second kappa shape index (κ2) is 9.43. The molecule has 0 N–H and O–H groups in total. The van der Waals surface area contributed by atoms with Crippen LogP contribution < -0.4 is 4.90 Å². The minimum atomic E-state index is -1.14. The molecule has 1 amide bonds. The Morgan fingerprint density at radius 2 is 1.87 bits per heavy atom. The van der Waals surface area contributed by atoms with Crippen molar-refractivity contribution in [3.05, 3.63) is 52.0 Å². The van der Waals surface area contributed by atoms with Crippen LogP contribution in [-0.4, -0.2) is 52.3 Å². The SMILES string of the molecule is CCOC(=O)C1=C[C@@H]2C(C(=O)N(COC)c3ccccc3Br)=CC[C@H]1C2(OC)OC. The van der Waals surface area contributed by atoms with Gasteiger partial charge in [0, 0.05) is 42.9 Å². The Kier molecular flexibility index (Phi) is 7.13. The number of hydrogen-bond donors (Lipinski definition) is 0. The normalized spacial score (nSPS) is 21.6. The van der Waals surface area contributed by atoms with Crippen LogP contribution in [0.5, 0.6) is 0 Å². The number of carbonyl (C=O) groups is 2. The number of esters is 1. The maximum Gasteiger partial charge on any atom is 0.334 e. The Morgan fingerprint density at radius 1 is 1.17 bits per heavy atom.